The van der Waals surface area contributed by atoms with Crippen LogP contribution in [0.3, 0.4) is 0 Å². The van der Waals surface area contributed by atoms with E-state index in [2.05, 4.69) is 11.7 Å². The summed E-state index contributed by atoms with van der Waals surface area (Å²) >= 11 is 0. The molecule has 0 radical (unpaired) electrons. The Labute approximate surface area is 175 Å². The van der Waals surface area contributed by atoms with Crippen molar-refractivity contribution in [3.63, 3.8) is 0 Å². The molecular formula is C21H29NO8. The van der Waals surface area contributed by atoms with Crippen molar-refractivity contribution in [3.05, 3.63) is 37.0 Å². The molecule has 0 bridgehead atoms. The number of aliphatic hydroxyl groups is 1. The molecule has 0 saturated carbocycles. The van der Waals surface area contributed by atoms with Crippen molar-refractivity contribution in [2.75, 3.05) is 13.2 Å². The maximum Gasteiger partial charge on any atom is 0.303 e. The third kappa shape index (κ3) is 7.74. The normalized spacial score (nSPS) is 30.8. The van der Waals surface area contributed by atoms with Gasteiger partial charge in [0, 0.05) is 26.5 Å². The van der Waals surface area contributed by atoms with Gasteiger partial charge >= 0.3 is 11.9 Å². The highest BCUT2D eigenvalue weighted by Crippen LogP contribution is 2.20. The zero-order chi connectivity index (χ0) is 21.9. The van der Waals surface area contributed by atoms with Crippen LogP contribution < -0.4 is 0 Å². The second-order valence-electron chi connectivity index (χ2n) is 6.87. The van der Waals surface area contributed by atoms with Crippen molar-refractivity contribution in [3.8, 4) is 0 Å². The summed E-state index contributed by atoms with van der Waals surface area (Å²) in [6.45, 7) is 6.05. The molecule has 0 aliphatic carbocycles. The summed E-state index contributed by atoms with van der Waals surface area (Å²) in [5.41, 5.74) is 0. The third-order valence-corrected chi connectivity index (χ3v) is 4.39. The van der Waals surface area contributed by atoms with Gasteiger partial charge in [0.2, 0.25) is 0 Å². The van der Waals surface area contributed by atoms with Gasteiger partial charge in [0.05, 0.1) is 18.8 Å². The van der Waals surface area contributed by atoms with Gasteiger partial charge in [0.15, 0.2) is 6.10 Å². The molecule has 6 atom stereocenters. The molecule has 0 aromatic heterocycles. The molecule has 9 nitrogen and oxygen atoms in total. The Bertz CT molecular complexity index is 674. The van der Waals surface area contributed by atoms with E-state index in [9.17, 15) is 14.7 Å². The molecule has 0 aromatic carbocycles. The van der Waals surface area contributed by atoms with E-state index in [-0.39, 0.29) is 25.4 Å². The molecule has 2 aliphatic rings. The Balaban J connectivity index is 1.87. The fourth-order valence-electron chi connectivity index (χ4n) is 2.99. The van der Waals surface area contributed by atoms with Crippen LogP contribution in [0.2, 0.25) is 0 Å². The highest BCUT2D eigenvalue weighted by Gasteiger charge is 2.31. The number of nitrogens with zero attached hydrogens (tertiary/aromatic N) is 1. The molecule has 9 heteroatoms. The molecule has 0 spiro atoms. The molecule has 2 rings (SSSR count). The van der Waals surface area contributed by atoms with Gasteiger partial charge in [-0.1, -0.05) is 23.4 Å². The minimum absolute atomic E-state index is 0.0317. The number of rotatable bonds is 10. The van der Waals surface area contributed by atoms with Crippen molar-refractivity contribution in [1.29, 1.82) is 0 Å². The Morgan fingerprint density at radius 1 is 1.03 bits per heavy atom. The average molecular weight is 423 g/mol. The standard InChI is InChI=1S/C21H29NO8/c1-4-5-16-7-9-19(20(12-23)28-16)30-22-11-10-17-6-8-18(27-15(3)25)21(29-17)13-26-14(2)24/h4,6-9,11,16-21,23H,1,5,10,12-13H2,2-3H3/t16-,17+,18-,19?,20+,21-/m1/s1. The summed E-state index contributed by atoms with van der Waals surface area (Å²) < 4.78 is 21.7. The van der Waals surface area contributed by atoms with E-state index in [1.54, 1.807) is 24.4 Å². The second-order valence-corrected chi connectivity index (χ2v) is 6.87. The molecule has 2 heterocycles. The van der Waals surface area contributed by atoms with E-state index in [1.807, 2.05) is 12.2 Å². The first kappa shape index (κ1) is 23.8. The number of hydrogen-bond acceptors (Lipinski definition) is 9. The predicted octanol–water partition coefficient (Wildman–Crippen LogP) is 1.46. The van der Waals surface area contributed by atoms with Gasteiger partial charge in [0.1, 0.15) is 24.9 Å². The van der Waals surface area contributed by atoms with Crippen molar-refractivity contribution < 1.29 is 38.5 Å². The molecule has 0 aromatic rings. The number of aliphatic hydroxyl groups excluding tert-OH is 1. The van der Waals surface area contributed by atoms with Crippen LogP contribution in [0.25, 0.3) is 0 Å². The quantitative estimate of drug-likeness (QED) is 0.243. The first-order chi connectivity index (χ1) is 14.4. The summed E-state index contributed by atoms with van der Waals surface area (Å²) in [6, 6.07) is 0. The molecule has 0 saturated heterocycles. The zero-order valence-corrected chi connectivity index (χ0v) is 17.2. The van der Waals surface area contributed by atoms with E-state index in [0.29, 0.717) is 12.8 Å². The average Bonchev–Trinajstić information content (AvgIpc) is 2.71. The monoisotopic (exact) mass is 423 g/mol. The molecule has 30 heavy (non-hydrogen) atoms. The molecule has 1 N–H and O–H groups in total. The minimum Gasteiger partial charge on any atom is -0.463 e. The van der Waals surface area contributed by atoms with Crippen LogP contribution in [0.5, 0.6) is 0 Å². The van der Waals surface area contributed by atoms with Crippen molar-refractivity contribution in [2.45, 2.75) is 63.3 Å². The van der Waals surface area contributed by atoms with Gasteiger partial charge in [-0.05, 0) is 18.6 Å². The lowest BCUT2D eigenvalue weighted by Gasteiger charge is -2.31. The minimum atomic E-state index is -0.635. The highest BCUT2D eigenvalue weighted by molar-refractivity contribution is 5.67. The van der Waals surface area contributed by atoms with E-state index >= 15 is 0 Å². The van der Waals surface area contributed by atoms with Crippen LogP contribution in [-0.4, -0.2) is 73.1 Å². The van der Waals surface area contributed by atoms with Gasteiger partial charge in [-0.2, -0.15) is 0 Å². The molecule has 166 valence electrons. The summed E-state index contributed by atoms with van der Waals surface area (Å²) in [5, 5.41) is 13.4. The highest BCUT2D eigenvalue weighted by atomic mass is 16.7. The first-order valence-electron chi connectivity index (χ1n) is 9.80. The number of hydrogen-bond donors (Lipinski definition) is 1. The lowest BCUT2D eigenvalue weighted by Crippen LogP contribution is -2.41. The summed E-state index contributed by atoms with van der Waals surface area (Å²) in [4.78, 5) is 27.8. The van der Waals surface area contributed by atoms with Crippen molar-refractivity contribution >= 4 is 18.2 Å². The SMILES string of the molecule is C=CC[C@@H]1C=CC(ON=CC[C@@H]2C=C[C@@H](OC(C)=O)[C@@H](COC(C)=O)O2)[C@H](CO)O1. The predicted molar refractivity (Wildman–Crippen MR) is 108 cm³/mol. The Hall–Kier alpha value is -2.49. The molecular weight excluding hydrogens is 394 g/mol. The van der Waals surface area contributed by atoms with Crippen molar-refractivity contribution in [1.82, 2.24) is 0 Å². The van der Waals surface area contributed by atoms with Gasteiger partial charge in [-0.25, -0.2) is 0 Å². The van der Waals surface area contributed by atoms with Crippen LogP contribution in [-0.2, 0) is 33.4 Å². The van der Waals surface area contributed by atoms with Gasteiger partial charge in [-0.15, -0.1) is 6.58 Å². The van der Waals surface area contributed by atoms with Crippen LogP contribution >= 0.6 is 0 Å². The number of esters is 2. The van der Waals surface area contributed by atoms with Gasteiger partial charge in [0.25, 0.3) is 0 Å². The number of oxime groups is 1. The lowest BCUT2D eigenvalue weighted by molar-refractivity contribution is -0.163. The lowest BCUT2D eigenvalue weighted by atomic mass is 10.1. The van der Waals surface area contributed by atoms with E-state index < -0.39 is 36.4 Å². The van der Waals surface area contributed by atoms with E-state index in [4.69, 9.17) is 23.8 Å². The maximum absolute atomic E-state index is 11.3. The summed E-state index contributed by atoms with van der Waals surface area (Å²) in [5.74, 6) is -0.899. The van der Waals surface area contributed by atoms with Crippen LogP contribution in [0.15, 0.2) is 42.1 Å². The molecule has 0 amide bonds. The zero-order valence-electron chi connectivity index (χ0n) is 17.2. The molecule has 1 unspecified atom stereocenters. The van der Waals surface area contributed by atoms with Crippen molar-refractivity contribution in [2.24, 2.45) is 5.16 Å². The van der Waals surface area contributed by atoms with Crippen LogP contribution in [0, 0.1) is 0 Å². The van der Waals surface area contributed by atoms with Gasteiger partial charge in [-0.3, -0.25) is 9.59 Å². The fourth-order valence-corrected chi connectivity index (χ4v) is 2.99. The van der Waals surface area contributed by atoms with Crippen LogP contribution in [0.4, 0.5) is 0 Å². The Morgan fingerprint density at radius 2 is 1.70 bits per heavy atom. The topological polar surface area (TPSA) is 113 Å². The van der Waals surface area contributed by atoms with E-state index in [1.165, 1.54) is 13.8 Å². The molecule has 0 fully saturated rings. The van der Waals surface area contributed by atoms with Gasteiger partial charge < -0.3 is 28.9 Å². The largest absolute Gasteiger partial charge is 0.463 e. The third-order valence-electron chi connectivity index (χ3n) is 4.39. The molecule has 2 aliphatic heterocycles. The second kappa shape index (κ2) is 12.3. The summed E-state index contributed by atoms with van der Waals surface area (Å²) in [6.07, 6.45) is 8.71. The van der Waals surface area contributed by atoms with E-state index in [0.717, 1.165) is 0 Å². The van der Waals surface area contributed by atoms with Crippen LogP contribution in [0.1, 0.15) is 26.7 Å². The fraction of sp³-hybridized carbons (Fsp3) is 0.571. The Morgan fingerprint density at radius 3 is 2.33 bits per heavy atom. The number of carbonyl (C=O) groups excluding carboxylic acids is 2. The summed E-state index contributed by atoms with van der Waals surface area (Å²) in [7, 11) is 0. The number of carbonyl (C=O) groups is 2. The maximum atomic E-state index is 11.3. The first-order valence-corrected chi connectivity index (χ1v) is 9.80. The number of ether oxygens (including phenoxy) is 4. The smallest absolute Gasteiger partial charge is 0.303 e. The Kier molecular flexibility index (Phi) is 9.72.